The number of ether oxygens (including phenoxy) is 1. The fraction of sp³-hybridized carbons (Fsp3) is 0.562. The Bertz CT molecular complexity index is 421. The van der Waals surface area contributed by atoms with Crippen LogP contribution in [0.25, 0.3) is 0 Å². The fourth-order valence-electron chi connectivity index (χ4n) is 1.77. The van der Waals surface area contributed by atoms with Crippen molar-refractivity contribution < 1.29 is 9.53 Å². The third-order valence-corrected chi connectivity index (χ3v) is 3.07. The van der Waals surface area contributed by atoms with Crippen LogP contribution >= 0.6 is 0 Å². The summed E-state index contributed by atoms with van der Waals surface area (Å²) in [6.45, 7) is 10.5. The molecular formula is C16H25NO2. The highest BCUT2D eigenvalue weighted by Crippen LogP contribution is 2.30. The van der Waals surface area contributed by atoms with Crippen LogP contribution in [0, 0.1) is 0 Å². The van der Waals surface area contributed by atoms with E-state index >= 15 is 0 Å². The predicted octanol–water partition coefficient (Wildman–Crippen LogP) is 3.28. The average Bonchev–Trinajstić information content (AvgIpc) is 2.35. The van der Waals surface area contributed by atoms with E-state index in [4.69, 9.17) is 4.74 Å². The Morgan fingerprint density at radius 2 is 1.95 bits per heavy atom. The van der Waals surface area contributed by atoms with Gasteiger partial charge in [0.1, 0.15) is 5.75 Å². The molecule has 1 aromatic rings. The molecule has 1 aromatic carbocycles. The lowest BCUT2D eigenvalue weighted by atomic mass is 9.86. The van der Waals surface area contributed by atoms with Gasteiger partial charge in [0, 0.05) is 6.04 Å². The maximum Gasteiger partial charge on any atom is 0.258 e. The van der Waals surface area contributed by atoms with Crippen LogP contribution in [0.1, 0.15) is 46.6 Å². The summed E-state index contributed by atoms with van der Waals surface area (Å²) in [6.07, 6.45) is 0.921. The van der Waals surface area contributed by atoms with Crippen molar-refractivity contribution in [3.63, 3.8) is 0 Å². The first-order valence-electron chi connectivity index (χ1n) is 6.86. The minimum absolute atomic E-state index is 0.00375. The van der Waals surface area contributed by atoms with Crippen LogP contribution in [0.5, 0.6) is 5.75 Å². The van der Waals surface area contributed by atoms with Crippen LogP contribution in [0.15, 0.2) is 24.3 Å². The summed E-state index contributed by atoms with van der Waals surface area (Å²) >= 11 is 0. The third-order valence-electron chi connectivity index (χ3n) is 3.07. The molecule has 1 atom stereocenters. The quantitative estimate of drug-likeness (QED) is 0.885. The van der Waals surface area contributed by atoms with Gasteiger partial charge in [0.2, 0.25) is 0 Å². The molecule has 0 aliphatic carbocycles. The molecule has 19 heavy (non-hydrogen) atoms. The largest absolute Gasteiger partial charge is 0.483 e. The van der Waals surface area contributed by atoms with Gasteiger partial charge in [-0.25, -0.2) is 0 Å². The van der Waals surface area contributed by atoms with Gasteiger partial charge >= 0.3 is 0 Å². The molecule has 0 unspecified atom stereocenters. The third kappa shape index (κ3) is 4.93. The molecule has 0 bridgehead atoms. The second-order valence-corrected chi connectivity index (χ2v) is 5.91. The smallest absolute Gasteiger partial charge is 0.258 e. The van der Waals surface area contributed by atoms with Gasteiger partial charge in [-0.1, -0.05) is 45.9 Å². The summed E-state index contributed by atoms with van der Waals surface area (Å²) in [5.41, 5.74) is 1.12. The van der Waals surface area contributed by atoms with E-state index < -0.39 is 0 Å². The zero-order valence-electron chi connectivity index (χ0n) is 12.6. The Morgan fingerprint density at radius 1 is 1.32 bits per heavy atom. The first-order valence-corrected chi connectivity index (χ1v) is 6.86. The molecule has 0 fully saturated rings. The van der Waals surface area contributed by atoms with E-state index in [9.17, 15) is 4.79 Å². The lowest BCUT2D eigenvalue weighted by Crippen LogP contribution is -2.35. The molecule has 0 aromatic heterocycles. The molecule has 0 aliphatic rings. The van der Waals surface area contributed by atoms with Gasteiger partial charge in [-0.3, -0.25) is 4.79 Å². The summed E-state index contributed by atoms with van der Waals surface area (Å²) in [6, 6.07) is 8.07. The monoisotopic (exact) mass is 263 g/mol. The van der Waals surface area contributed by atoms with Crippen molar-refractivity contribution in [2.24, 2.45) is 0 Å². The van der Waals surface area contributed by atoms with Crippen LogP contribution < -0.4 is 10.1 Å². The van der Waals surface area contributed by atoms with Gasteiger partial charge in [0.05, 0.1) is 0 Å². The van der Waals surface area contributed by atoms with Crippen molar-refractivity contribution in [2.75, 3.05) is 6.61 Å². The van der Waals surface area contributed by atoms with Gasteiger partial charge in [-0.05, 0) is 30.4 Å². The Kier molecular flexibility index (Phi) is 5.40. The second kappa shape index (κ2) is 6.60. The number of hydrogen-bond acceptors (Lipinski definition) is 2. The topological polar surface area (TPSA) is 38.3 Å². The predicted molar refractivity (Wildman–Crippen MR) is 78.5 cm³/mol. The number of para-hydroxylation sites is 1. The standard InChI is InChI=1S/C16H25NO2/c1-6-12(2)17-15(18)11-19-14-10-8-7-9-13(14)16(3,4)5/h7-10,12H,6,11H2,1-5H3,(H,17,18)/t12-/m1/s1. The average molecular weight is 263 g/mol. The highest BCUT2D eigenvalue weighted by atomic mass is 16.5. The maximum absolute atomic E-state index is 11.7. The van der Waals surface area contributed by atoms with Crippen LogP contribution in [0.4, 0.5) is 0 Å². The van der Waals surface area contributed by atoms with Crippen molar-refractivity contribution >= 4 is 5.91 Å². The molecule has 0 saturated carbocycles. The van der Waals surface area contributed by atoms with Crippen molar-refractivity contribution in [1.29, 1.82) is 0 Å². The molecule has 1 N–H and O–H groups in total. The molecule has 106 valence electrons. The normalized spacial score (nSPS) is 12.9. The van der Waals surface area contributed by atoms with Crippen LogP contribution in [-0.2, 0) is 10.2 Å². The summed E-state index contributed by atoms with van der Waals surface area (Å²) in [5, 5.41) is 2.89. The summed E-state index contributed by atoms with van der Waals surface area (Å²) < 4.78 is 5.66. The lowest BCUT2D eigenvalue weighted by Gasteiger charge is -2.22. The zero-order valence-corrected chi connectivity index (χ0v) is 12.6. The molecule has 1 amide bonds. The molecule has 0 spiro atoms. The number of benzene rings is 1. The first kappa shape index (κ1) is 15.5. The summed E-state index contributed by atoms with van der Waals surface area (Å²) in [4.78, 5) is 11.7. The SMILES string of the molecule is CC[C@@H](C)NC(=O)COc1ccccc1C(C)(C)C. The molecular weight excluding hydrogens is 238 g/mol. The second-order valence-electron chi connectivity index (χ2n) is 5.91. The van der Waals surface area contributed by atoms with Gasteiger partial charge in [0.15, 0.2) is 6.61 Å². The number of carbonyl (C=O) groups excluding carboxylic acids is 1. The van der Waals surface area contributed by atoms with Crippen molar-refractivity contribution in [3.05, 3.63) is 29.8 Å². The highest BCUT2D eigenvalue weighted by molar-refractivity contribution is 5.77. The van der Waals surface area contributed by atoms with Gasteiger partial charge < -0.3 is 10.1 Å². The van der Waals surface area contributed by atoms with Crippen molar-refractivity contribution in [2.45, 2.75) is 52.5 Å². The van der Waals surface area contributed by atoms with Gasteiger partial charge in [0.25, 0.3) is 5.91 Å². The van der Waals surface area contributed by atoms with E-state index in [0.29, 0.717) is 0 Å². The number of carbonyl (C=O) groups is 1. The number of rotatable bonds is 5. The van der Waals surface area contributed by atoms with E-state index in [1.807, 2.05) is 38.1 Å². The first-order chi connectivity index (χ1) is 8.84. The van der Waals surface area contributed by atoms with Crippen molar-refractivity contribution in [1.82, 2.24) is 5.32 Å². The number of hydrogen-bond donors (Lipinski definition) is 1. The summed E-state index contributed by atoms with van der Waals surface area (Å²) in [5.74, 6) is 0.715. The van der Waals surface area contributed by atoms with E-state index in [0.717, 1.165) is 17.7 Å². The van der Waals surface area contributed by atoms with Crippen LogP contribution in [0.3, 0.4) is 0 Å². The molecule has 0 aliphatic heterocycles. The summed E-state index contributed by atoms with van der Waals surface area (Å²) in [7, 11) is 0. The van der Waals surface area contributed by atoms with E-state index in [1.54, 1.807) is 0 Å². The zero-order chi connectivity index (χ0) is 14.5. The molecule has 0 heterocycles. The van der Waals surface area contributed by atoms with Gasteiger partial charge in [-0.15, -0.1) is 0 Å². The Morgan fingerprint density at radius 3 is 2.53 bits per heavy atom. The maximum atomic E-state index is 11.7. The minimum Gasteiger partial charge on any atom is -0.483 e. The van der Waals surface area contributed by atoms with E-state index in [-0.39, 0.29) is 24.0 Å². The molecule has 0 radical (unpaired) electrons. The molecule has 3 nitrogen and oxygen atoms in total. The highest BCUT2D eigenvalue weighted by Gasteiger charge is 2.18. The van der Waals surface area contributed by atoms with Crippen LogP contribution in [-0.4, -0.2) is 18.6 Å². The number of amides is 1. The van der Waals surface area contributed by atoms with Gasteiger partial charge in [-0.2, -0.15) is 0 Å². The fourth-order valence-corrected chi connectivity index (χ4v) is 1.77. The minimum atomic E-state index is -0.0712. The number of nitrogens with one attached hydrogen (secondary N) is 1. The Labute approximate surface area is 116 Å². The molecule has 3 heteroatoms. The Balaban J connectivity index is 2.66. The van der Waals surface area contributed by atoms with Crippen LogP contribution in [0.2, 0.25) is 0 Å². The van der Waals surface area contributed by atoms with E-state index in [1.165, 1.54) is 0 Å². The Hall–Kier alpha value is -1.51. The molecule has 1 rings (SSSR count). The lowest BCUT2D eigenvalue weighted by molar-refractivity contribution is -0.123. The van der Waals surface area contributed by atoms with Crippen molar-refractivity contribution in [3.8, 4) is 5.75 Å². The molecule has 0 saturated heterocycles. The van der Waals surface area contributed by atoms with E-state index in [2.05, 4.69) is 26.1 Å².